The quantitative estimate of drug-likeness (QED) is 0.323. The van der Waals surface area contributed by atoms with Crippen molar-refractivity contribution in [3.05, 3.63) is 52.3 Å². The Balaban J connectivity index is 1.77. The molecule has 1 aliphatic rings. The highest BCUT2D eigenvalue weighted by molar-refractivity contribution is 7.48. The van der Waals surface area contributed by atoms with Gasteiger partial charge in [0.05, 0.1) is 12.2 Å². The summed E-state index contributed by atoms with van der Waals surface area (Å²) in [6.07, 6.45) is -1.53. The lowest BCUT2D eigenvalue weighted by Crippen LogP contribution is -2.37. The molecule has 0 spiro atoms. The van der Waals surface area contributed by atoms with Gasteiger partial charge in [0, 0.05) is 39.4 Å². The maximum Gasteiger partial charge on any atom is 0.474 e. The molecule has 0 radical (unpaired) electrons. The van der Waals surface area contributed by atoms with Crippen LogP contribution in [0.25, 0.3) is 0 Å². The number of aromatic nitrogens is 3. The zero-order valence-electron chi connectivity index (χ0n) is 17.7. The molecule has 0 saturated carbocycles. The van der Waals surface area contributed by atoms with Crippen molar-refractivity contribution in [2.45, 2.75) is 31.1 Å². The zero-order valence-corrected chi connectivity index (χ0v) is 18.6. The summed E-state index contributed by atoms with van der Waals surface area (Å²) in [6.45, 7) is -0.316. The average molecular weight is 485 g/mol. The van der Waals surface area contributed by atoms with E-state index in [4.69, 9.17) is 15.0 Å². The standard InChI is InChI=1S/C18H24N5O9P/c1-29-33(28,30-2)31-9-12-13(24)14(25)17(32-12)23-8-11(15(19)22-18(23)27)16(26)21-7-10-3-5-20-6-4-10/h3-6,8,12-14,17,24-25H,7,9H2,1-2H3,(H,21,26)(H2,19,22,27). The molecular formula is C18H24N5O9P. The summed E-state index contributed by atoms with van der Waals surface area (Å²) >= 11 is 0. The van der Waals surface area contributed by atoms with E-state index in [1.54, 1.807) is 24.5 Å². The third-order valence-electron chi connectivity index (χ3n) is 4.88. The van der Waals surface area contributed by atoms with Gasteiger partial charge < -0.3 is 26.0 Å². The van der Waals surface area contributed by atoms with E-state index in [1.165, 1.54) is 0 Å². The highest BCUT2D eigenvalue weighted by Crippen LogP contribution is 2.48. The van der Waals surface area contributed by atoms with Crippen molar-refractivity contribution in [3.63, 3.8) is 0 Å². The molecule has 15 heteroatoms. The number of pyridine rings is 1. The number of amides is 1. The van der Waals surface area contributed by atoms with Crippen molar-refractivity contribution in [1.82, 2.24) is 19.9 Å². The Kier molecular flexibility index (Phi) is 7.92. The molecule has 3 rings (SSSR count). The van der Waals surface area contributed by atoms with E-state index in [1.807, 2.05) is 0 Å². The number of nitrogens with zero attached hydrogens (tertiary/aromatic N) is 3. The van der Waals surface area contributed by atoms with Crippen molar-refractivity contribution in [1.29, 1.82) is 0 Å². The number of nitrogens with one attached hydrogen (secondary N) is 1. The fourth-order valence-corrected chi connectivity index (χ4v) is 3.75. The largest absolute Gasteiger partial charge is 0.474 e. The molecule has 3 heterocycles. The number of hydrogen-bond donors (Lipinski definition) is 4. The number of phosphoric ester groups is 1. The topological polar surface area (TPSA) is 197 Å². The van der Waals surface area contributed by atoms with Crippen LogP contribution in [0.5, 0.6) is 0 Å². The molecule has 5 N–H and O–H groups in total. The molecule has 2 aromatic rings. The van der Waals surface area contributed by atoms with Gasteiger partial charge in [0.2, 0.25) is 0 Å². The lowest BCUT2D eigenvalue weighted by Gasteiger charge is -2.19. The second-order valence-corrected chi connectivity index (χ2v) is 8.81. The number of aliphatic hydroxyl groups excluding tert-OH is 2. The second-order valence-electron chi connectivity index (χ2n) is 6.92. The van der Waals surface area contributed by atoms with Gasteiger partial charge in [-0.25, -0.2) is 9.36 Å². The molecule has 1 amide bonds. The third kappa shape index (κ3) is 5.62. The first-order valence-electron chi connectivity index (χ1n) is 9.62. The Hall–Kier alpha value is -2.71. The predicted octanol–water partition coefficient (Wildman–Crippen LogP) is -0.813. The van der Waals surface area contributed by atoms with Gasteiger partial charge in [-0.3, -0.25) is 27.9 Å². The highest BCUT2D eigenvalue weighted by atomic mass is 31.2. The highest BCUT2D eigenvalue weighted by Gasteiger charge is 2.45. The molecule has 1 fully saturated rings. The van der Waals surface area contributed by atoms with E-state index in [0.29, 0.717) is 0 Å². The Morgan fingerprint density at radius 2 is 1.94 bits per heavy atom. The van der Waals surface area contributed by atoms with E-state index in [-0.39, 0.29) is 17.9 Å². The van der Waals surface area contributed by atoms with Gasteiger partial charge in [-0.15, -0.1) is 0 Å². The maximum atomic E-state index is 12.6. The van der Waals surface area contributed by atoms with Gasteiger partial charge in [-0.05, 0) is 17.7 Å². The summed E-state index contributed by atoms with van der Waals surface area (Å²) < 4.78 is 32.7. The number of nitrogen functional groups attached to an aromatic ring is 1. The van der Waals surface area contributed by atoms with Gasteiger partial charge >= 0.3 is 13.5 Å². The molecule has 4 unspecified atom stereocenters. The monoisotopic (exact) mass is 485 g/mol. The van der Waals surface area contributed by atoms with Gasteiger partial charge in [0.25, 0.3) is 5.91 Å². The molecule has 33 heavy (non-hydrogen) atoms. The Labute approximate surface area is 187 Å². The van der Waals surface area contributed by atoms with Crippen molar-refractivity contribution in [3.8, 4) is 0 Å². The Morgan fingerprint density at radius 3 is 2.58 bits per heavy atom. The van der Waals surface area contributed by atoms with Crippen LogP contribution in [0.2, 0.25) is 0 Å². The molecule has 0 aromatic carbocycles. The summed E-state index contributed by atoms with van der Waals surface area (Å²) in [4.78, 5) is 32.5. The number of carbonyl (C=O) groups excluding carboxylic acids is 1. The third-order valence-corrected chi connectivity index (χ3v) is 6.24. The number of rotatable bonds is 9. The van der Waals surface area contributed by atoms with Crippen LogP contribution < -0.4 is 16.7 Å². The molecule has 180 valence electrons. The minimum Gasteiger partial charge on any atom is -0.387 e. The van der Waals surface area contributed by atoms with Crippen LogP contribution in [-0.2, 0) is 29.4 Å². The molecule has 4 atom stereocenters. The van der Waals surface area contributed by atoms with Crippen LogP contribution in [0.4, 0.5) is 5.82 Å². The molecule has 2 aromatic heterocycles. The SMILES string of the molecule is COP(=O)(OC)OCC1OC(n2cc(C(=O)NCc3ccncc3)c(N)nc2=O)C(O)C1O. The van der Waals surface area contributed by atoms with Gasteiger partial charge in [-0.1, -0.05) is 0 Å². The van der Waals surface area contributed by atoms with Crippen molar-refractivity contribution in [2.75, 3.05) is 26.6 Å². The maximum absolute atomic E-state index is 12.6. The van der Waals surface area contributed by atoms with Crippen LogP contribution >= 0.6 is 7.82 Å². The first kappa shape index (κ1) is 24.9. The van der Waals surface area contributed by atoms with Crippen LogP contribution in [0, 0.1) is 0 Å². The number of hydrogen-bond acceptors (Lipinski definition) is 12. The number of anilines is 1. The number of carbonyl (C=O) groups is 1. The summed E-state index contributed by atoms with van der Waals surface area (Å²) in [6, 6.07) is 3.42. The number of aliphatic hydroxyl groups is 2. The van der Waals surface area contributed by atoms with Crippen molar-refractivity contribution < 1.29 is 37.9 Å². The van der Waals surface area contributed by atoms with E-state index in [2.05, 4.69) is 24.3 Å². The van der Waals surface area contributed by atoms with E-state index >= 15 is 0 Å². The average Bonchev–Trinajstić information content (AvgIpc) is 3.10. The Bertz CT molecular complexity index is 1070. The minimum atomic E-state index is -3.87. The van der Waals surface area contributed by atoms with Crippen LogP contribution in [-0.4, -0.2) is 69.8 Å². The molecule has 1 saturated heterocycles. The summed E-state index contributed by atoms with van der Waals surface area (Å²) in [5.41, 5.74) is 5.47. The van der Waals surface area contributed by atoms with Crippen LogP contribution in [0.15, 0.2) is 35.5 Å². The lowest BCUT2D eigenvalue weighted by atomic mass is 10.1. The fourth-order valence-electron chi connectivity index (χ4n) is 3.06. The molecule has 0 aliphatic carbocycles. The van der Waals surface area contributed by atoms with Crippen LogP contribution in [0.1, 0.15) is 22.1 Å². The minimum absolute atomic E-state index is 0.142. The number of ether oxygens (including phenoxy) is 1. The number of phosphoric acid groups is 1. The first-order chi connectivity index (χ1) is 15.7. The fraction of sp³-hybridized carbons (Fsp3) is 0.444. The zero-order chi connectivity index (χ0) is 24.2. The van der Waals surface area contributed by atoms with Gasteiger partial charge in [0.1, 0.15) is 24.1 Å². The van der Waals surface area contributed by atoms with Gasteiger partial charge in [-0.2, -0.15) is 4.98 Å². The molecule has 14 nitrogen and oxygen atoms in total. The van der Waals surface area contributed by atoms with E-state index in [0.717, 1.165) is 30.5 Å². The van der Waals surface area contributed by atoms with Crippen molar-refractivity contribution in [2.24, 2.45) is 0 Å². The Morgan fingerprint density at radius 1 is 1.27 bits per heavy atom. The normalized spacial score (nSPS) is 22.9. The van der Waals surface area contributed by atoms with E-state index in [9.17, 15) is 24.4 Å². The van der Waals surface area contributed by atoms with Gasteiger partial charge in [0.15, 0.2) is 6.23 Å². The number of nitrogens with two attached hydrogens (primary N) is 1. The summed E-state index contributed by atoms with van der Waals surface area (Å²) in [5.74, 6) is -0.947. The molecule has 0 bridgehead atoms. The first-order valence-corrected chi connectivity index (χ1v) is 11.1. The smallest absolute Gasteiger partial charge is 0.387 e. The summed E-state index contributed by atoms with van der Waals surface area (Å²) in [5, 5.41) is 23.3. The van der Waals surface area contributed by atoms with Crippen molar-refractivity contribution >= 4 is 19.5 Å². The molecule has 1 aliphatic heterocycles. The summed E-state index contributed by atoms with van der Waals surface area (Å²) in [7, 11) is -1.66. The lowest BCUT2D eigenvalue weighted by molar-refractivity contribution is -0.0552. The van der Waals surface area contributed by atoms with Crippen LogP contribution in [0.3, 0.4) is 0 Å². The second kappa shape index (κ2) is 10.5. The van der Waals surface area contributed by atoms with E-state index < -0.39 is 50.6 Å². The predicted molar refractivity (Wildman–Crippen MR) is 112 cm³/mol. The molecular weight excluding hydrogens is 461 g/mol.